The topological polar surface area (TPSA) is 155 Å². The molecule has 5 rings (SSSR count). The first kappa shape index (κ1) is 31.0. The van der Waals surface area contributed by atoms with Crippen LogP contribution in [-0.4, -0.2) is 89.6 Å². The number of benzene rings is 2. The van der Waals surface area contributed by atoms with E-state index < -0.39 is 39.8 Å². The molecule has 0 saturated carbocycles. The predicted molar refractivity (Wildman–Crippen MR) is 164 cm³/mol. The second-order valence-corrected chi connectivity index (χ2v) is 12.7. The molecule has 14 heteroatoms. The van der Waals surface area contributed by atoms with E-state index in [2.05, 4.69) is 25.6 Å². The van der Waals surface area contributed by atoms with Crippen molar-refractivity contribution in [2.24, 2.45) is 0 Å². The smallest absolute Gasteiger partial charge is 0.257 e. The van der Waals surface area contributed by atoms with E-state index in [4.69, 9.17) is 11.6 Å². The Morgan fingerprint density at radius 2 is 1.43 bits per heavy atom. The van der Waals surface area contributed by atoms with E-state index in [1.54, 1.807) is 54.9 Å². The molecule has 3 heterocycles. The van der Waals surface area contributed by atoms with E-state index in [1.807, 2.05) is 0 Å². The molecule has 4 aromatic rings. The zero-order chi connectivity index (χ0) is 31.4. The van der Waals surface area contributed by atoms with Crippen molar-refractivity contribution >= 4 is 50.1 Å². The Labute approximate surface area is 259 Å². The minimum atomic E-state index is -4.10. The molecule has 228 valence electrons. The number of nitrogens with one attached hydrogen (secondary N) is 2. The monoisotopic (exact) mass is 635 g/mol. The molecule has 44 heavy (non-hydrogen) atoms. The zero-order valence-corrected chi connectivity index (χ0v) is 25.5. The van der Waals surface area contributed by atoms with Gasteiger partial charge >= 0.3 is 0 Å². The summed E-state index contributed by atoms with van der Waals surface area (Å²) in [5.74, 6) is -0.912. The molecule has 0 aliphatic carbocycles. The van der Waals surface area contributed by atoms with Crippen LogP contribution in [0.2, 0.25) is 5.02 Å². The molecule has 2 N–H and O–H groups in total. The summed E-state index contributed by atoms with van der Waals surface area (Å²) in [7, 11) is -1.18. The van der Waals surface area contributed by atoms with E-state index in [9.17, 15) is 22.8 Å². The summed E-state index contributed by atoms with van der Waals surface area (Å²) >= 11 is 6.09. The van der Waals surface area contributed by atoms with Gasteiger partial charge in [-0.1, -0.05) is 23.7 Å². The number of carbonyl (C=O) groups is 3. The van der Waals surface area contributed by atoms with Crippen molar-refractivity contribution in [3.63, 3.8) is 0 Å². The lowest BCUT2D eigenvalue weighted by atomic mass is 10.00. The van der Waals surface area contributed by atoms with Crippen LogP contribution in [-0.2, 0) is 19.6 Å². The molecule has 2 atom stereocenters. The number of hydrogen-bond donors (Lipinski definition) is 2. The molecule has 2 aromatic heterocycles. The molecule has 1 saturated heterocycles. The minimum Gasteiger partial charge on any atom is -0.359 e. The van der Waals surface area contributed by atoms with Gasteiger partial charge in [-0.15, -0.1) is 0 Å². The Hall–Kier alpha value is -4.46. The van der Waals surface area contributed by atoms with Crippen LogP contribution in [0.25, 0.3) is 22.2 Å². The lowest BCUT2D eigenvalue weighted by Crippen LogP contribution is -2.63. The SMILES string of the molecule is CNC(=O)CC1CN(S(=O)(=O)c2ccc3cc(Cl)ccc3c2)CC(CC(=O)NC)N1C(=O)c1cnc(-c2ccncc2)nc1. The summed E-state index contributed by atoms with van der Waals surface area (Å²) in [4.78, 5) is 53.4. The summed E-state index contributed by atoms with van der Waals surface area (Å²) in [6.07, 6.45) is 5.58. The fourth-order valence-electron chi connectivity index (χ4n) is 5.25. The highest BCUT2D eigenvalue weighted by Crippen LogP contribution is 2.30. The van der Waals surface area contributed by atoms with Crippen molar-refractivity contribution < 1.29 is 22.8 Å². The number of carbonyl (C=O) groups excluding carboxylic acids is 3. The number of sulfonamides is 1. The number of nitrogens with zero attached hydrogens (tertiary/aromatic N) is 5. The number of hydrogen-bond acceptors (Lipinski definition) is 8. The van der Waals surface area contributed by atoms with Crippen molar-refractivity contribution in [2.75, 3.05) is 27.2 Å². The normalized spacial score (nSPS) is 17.3. The number of fused-ring (bicyclic) bond motifs is 1. The van der Waals surface area contributed by atoms with Gasteiger partial charge in [-0.2, -0.15) is 4.31 Å². The molecule has 0 radical (unpaired) electrons. The highest BCUT2D eigenvalue weighted by molar-refractivity contribution is 7.89. The average Bonchev–Trinajstić information content (AvgIpc) is 3.04. The fraction of sp³-hybridized carbons (Fsp3) is 0.267. The third-order valence-electron chi connectivity index (χ3n) is 7.50. The first-order valence-corrected chi connectivity index (χ1v) is 15.6. The Bertz CT molecular complexity index is 1780. The molecule has 0 spiro atoms. The summed E-state index contributed by atoms with van der Waals surface area (Å²) in [6.45, 7) is -0.333. The highest BCUT2D eigenvalue weighted by Gasteiger charge is 2.43. The molecule has 1 aliphatic heterocycles. The third kappa shape index (κ3) is 6.54. The van der Waals surface area contributed by atoms with Crippen molar-refractivity contribution in [1.82, 2.24) is 34.8 Å². The summed E-state index contributed by atoms with van der Waals surface area (Å²) in [5, 5.41) is 7.09. The van der Waals surface area contributed by atoms with Gasteiger partial charge in [0.2, 0.25) is 21.8 Å². The van der Waals surface area contributed by atoms with Gasteiger partial charge in [-0.25, -0.2) is 18.4 Å². The van der Waals surface area contributed by atoms with Crippen LogP contribution in [0.15, 0.2) is 78.2 Å². The van der Waals surface area contributed by atoms with Gasteiger partial charge in [-0.3, -0.25) is 19.4 Å². The highest BCUT2D eigenvalue weighted by atomic mass is 35.5. The van der Waals surface area contributed by atoms with E-state index in [1.165, 1.54) is 41.8 Å². The van der Waals surface area contributed by atoms with Crippen molar-refractivity contribution in [1.29, 1.82) is 0 Å². The number of pyridine rings is 1. The van der Waals surface area contributed by atoms with E-state index >= 15 is 0 Å². The molecular weight excluding hydrogens is 606 g/mol. The summed E-state index contributed by atoms with van der Waals surface area (Å²) < 4.78 is 29.2. The molecule has 2 aromatic carbocycles. The van der Waals surface area contributed by atoms with Crippen LogP contribution in [0.5, 0.6) is 0 Å². The number of piperazine rings is 1. The second kappa shape index (κ2) is 13.0. The first-order chi connectivity index (χ1) is 21.1. The maximum absolute atomic E-state index is 14.0. The van der Waals surface area contributed by atoms with Crippen LogP contribution in [0.4, 0.5) is 0 Å². The predicted octanol–water partition coefficient (Wildman–Crippen LogP) is 2.50. The molecule has 12 nitrogen and oxygen atoms in total. The van der Waals surface area contributed by atoms with Crippen LogP contribution in [0.3, 0.4) is 0 Å². The standard InChI is InChI=1S/C30H30ClN7O5S/c1-32-27(39)13-24-17-37(44(42,43)26-6-4-20-11-23(31)5-3-21(20)12-26)18-25(14-28(40)33-2)38(24)30(41)22-15-35-29(36-16-22)19-7-9-34-10-8-19/h3-12,15-16,24-25H,13-14,17-18H2,1-2H3,(H,32,39)(H,33,40). The molecule has 3 amide bonds. The molecule has 2 unspecified atom stereocenters. The first-order valence-electron chi connectivity index (χ1n) is 13.8. The van der Waals surface area contributed by atoms with Gasteiger partial charge in [0.1, 0.15) is 0 Å². The average molecular weight is 636 g/mol. The number of rotatable bonds is 8. The lowest BCUT2D eigenvalue weighted by molar-refractivity contribution is -0.123. The zero-order valence-electron chi connectivity index (χ0n) is 24.0. The lowest BCUT2D eigenvalue weighted by Gasteiger charge is -2.46. The van der Waals surface area contributed by atoms with Crippen molar-refractivity contribution in [3.8, 4) is 11.4 Å². The summed E-state index contributed by atoms with van der Waals surface area (Å²) in [6, 6.07) is 11.6. The van der Waals surface area contributed by atoms with Gasteiger partial charge in [0.05, 0.1) is 22.5 Å². The van der Waals surface area contributed by atoms with Crippen LogP contribution in [0.1, 0.15) is 23.2 Å². The van der Waals surface area contributed by atoms with E-state index in [-0.39, 0.29) is 36.4 Å². The van der Waals surface area contributed by atoms with Crippen LogP contribution >= 0.6 is 11.6 Å². The second-order valence-electron chi connectivity index (χ2n) is 10.3. The molecular formula is C30H30ClN7O5S. The Balaban J connectivity index is 1.51. The minimum absolute atomic E-state index is 0.0459. The number of amides is 3. The van der Waals surface area contributed by atoms with Crippen molar-refractivity contribution in [3.05, 3.63) is 83.9 Å². The third-order valence-corrected chi connectivity index (χ3v) is 9.56. The van der Waals surface area contributed by atoms with Crippen molar-refractivity contribution in [2.45, 2.75) is 29.8 Å². The Morgan fingerprint density at radius 1 is 0.864 bits per heavy atom. The molecule has 0 bridgehead atoms. The Kier molecular flexibility index (Phi) is 9.18. The molecule has 1 fully saturated rings. The maximum Gasteiger partial charge on any atom is 0.257 e. The molecule has 1 aliphatic rings. The fourth-order valence-corrected chi connectivity index (χ4v) is 6.98. The van der Waals surface area contributed by atoms with Gasteiger partial charge in [0.25, 0.3) is 5.91 Å². The quantitative estimate of drug-likeness (QED) is 0.299. The number of aromatic nitrogens is 3. The van der Waals surface area contributed by atoms with Gasteiger partial charge in [0.15, 0.2) is 5.82 Å². The van der Waals surface area contributed by atoms with Gasteiger partial charge < -0.3 is 15.5 Å². The Morgan fingerprint density at radius 3 is 2.02 bits per heavy atom. The van der Waals surface area contributed by atoms with Crippen LogP contribution < -0.4 is 10.6 Å². The summed E-state index contributed by atoms with van der Waals surface area (Å²) in [5.41, 5.74) is 0.848. The van der Waals surface area contributed by atoms with Gasteiger partial charge in [0, 0.05) is 75.4 Å². The largest absolute Gasteiger partial charge is 0.359 e. The van der Waals surface area contributed by atoms with E-state index in [0.717, 1.165) is 5.39 Å². The van der Waals surface area contributed by atoms with Gasteiger partial charge in [-0.05, 0) is 47.2 Å². The number of halogens is 1. The van der Waals surface area contributed by atoms with E-state index in [0.29, 0.717) is 21.8 Å². The maximum atomic E-state index is 14.0. The van der Waals surface area contributed by atoms with Crippen LogP contribution in [0, 0.1) is 0 Å².